The molecule has 0 saturated carbocycles. The van der Waals surface area contributed by atoms with Gasteiger partial charge in [0.15, 0.2) is 23.1 Å². The van der Waals surface area contributed by atoms with Crippen LogP contribution in [0.25, 0.3) is 17.0 Å². The number of carbonyl (C=O) groups is 1. The molecule has 1 aliphatic heterocycles. The van der Waals surface area contributed by atoms with Gasteiger partial charge in [0.2, 0.25) is 5.91 Å². The maximum Gasteiger partial charge on any atom is 0.228 e. The highest BCUT2D eigenvalue weighted by atomic mass is 79.9. The lowest BCUT2D eigenvalue weighted by Gasteiger charge is -2.14. The molecule has 1 saturated heterocycles. The van der Waals surface area contributed by atoms with Crippen LogP contribution in [-0.4, -0.2) is 31.8 Å². The Morgan fingerprint density at radius 1 is 1.17 bits per heavy atom. The first-order chi connectivity index (χ1) is 11.5. The van der Waals surface area contributed by atoms with E-state index in [0.717, 1.165) is 12.5 Å². The van der Waals surface area contributed by atoms with E-state index in [1.807, 2.05) is 0 Å². The smallest absolute Gasteiger partial charge is 0.228 e. The summed E-state index contributed by atoms with van der Waals surface area (Å²) in [6.07, 6.45) is 5.80. The quantitative estimate of drug-likeness (QED) is 0.627. The van der Waals surface area contributed by atoms with Gasteiger partial charge in [-0.05, 0) is 22.4 Å². The minimum atomic E-state index is -0.798. The van der Waals surface area contributed by atoms with Gasteiger partial charge in [0.05, 0.1) is 24.3 Å². The Morgan fingerprint density at radius 2 is 2.00 bits per heavy atom. The maximum absolute atomic E-state index is 14.1. The average molecular weight is 394 g/mol. The zero-order valence-electron chi connectivity index (χ0n) is 12.2. The molecular weight excluding hydrogens is 384 g/mol. The topological polar surface area (TPSA) is 63.4 Å². The predicted molar refractivity (Wildman–Crippen MR) is 85.4 cm³/mol. The van der Waals surface area contributed by atoms with Crippen LogP contribution in [0, 0.1) is 11.6 Å². The van der Waals surface area contributed by atoms with Gasteiger partial charge in [-0.15, -0.1) is 0 Å². The van der Waals surface area contributed by atoms with Crippen molar-refractivity contribution in [2.75, 3.05) is 11.4 Å². The lowest BCUT2D eigenvalue weighted by Crippen LogP contribution is -2.25. The Balaban J connectivity index is 1.88. The summed E-state index contributed by atoms with van der Waals surface area (Å²) in [5, 5.41) is 0. The highest BCUT2D eigenvalue weighted by molar-refractivity contribution is 9.10. The fourth-order valence-corrected chi connectivity index (χ4v) is 3.00. The molecule has 9 heteroatoms. The number of carbonyl (C=O) groups excluding carboxylic acids is 1. The maximum atomic E-state index is 14.1. The molecule has 4 rings (SSSR count). The molecule has 122 valence electrons. The monoisotopic (exact) mass is 393 g/mol. The van der Waals surface area contributed by atoms with E-state index in [0.29, 0.717) is 30.1 Å². The summed E-state index contributed by atoms with van der Waals surface area (Å²) in [6, 6.07) is 0.762. The van der Waals surface area contributed by atoms with Crippen LogP contribution in [0.15, 0.2) is 29.3 Å². The van der Waals surface area contributed by atoms with E-state index in [1.165, 1.54) is 12.4 Å². The van der Waals surface area contributed by atoms with Crippen LogP contribution in [-0.2, 0) is 4.79 Å². The Kier molecular flexibility index (Phi) is 3.52. The molecule has 3 aromatic rings. The molecule has 0 aromatic carbocycles. The lowest BCUT2D eigenvalue weighted by molar-refractivity contribution is -0.117. The minimum Gasteiger partial charge on any atom is -0.296 e. The van der Waals surface area contributed by atoms with E-state index in [9.17, 15) is 13.6 Å². The van der Waals surface area contributed by atoms with Crippen LogP contribution in [0.2, 0.25) is 0 Å². The van der Waals surface area contributed by atoms with Gasteiger partial charge < -0.3 is 0 Å². The van der Waals surface area contributed by atoms with Crippen LogP contribution < -0.4 is 4.90 Å². The standard InChI is InChI=1S/C15H10BrF2N5O/c16-15-9(18)4-8(17)14(21-15)10-5-19-11-6-20-12(7-23(10)11)22-3-1-2-13(22)24/h4-7H,1-3H2. The van der Waals surface area contributed by atoms with Crippen LogP contribution in [0.1, 0.15) is 12.8 Å². The number of hydrogen-bond acceptors (Lipinski definition) is 4. The van der Waals surface area contributed by atoms with Gasteiger partial charge in [0.25, 0.3) is 0 Å². The number of pyridine rings is 1. The summed E-state index contributed by atoms with van der Waals surface area (Å²) in [6.45, 7) is 0.593. The predicted octanol–water partition coefficient (Wildman–Crippen LogP) is 2.96. The first-order valence-electron chi connectivity index (χ1n) is 7.20. The van der Waals surface area contributed by atoms with Crippen molar-refractivity contribution in [3.63, 3.8) is 0 Å². The molecule has 6 nitrogen and oxygen atoms in total. The first-order valence-corrected chi connectivity index (χ1v) is 7.99. The number of imidazole rings is 1. The van der Waals surface area contributed by atoms with Crippen molar-refractivity contribution in [3.8, 4) is 11.4 Å². The summed E-state index contributed by atoms with van der Waals surface area (Å²) < 4.78 is 29.0. The van der Waals surface area contributed by atoms with E-state index in [2.05, 4.69) is 30.9 Å². The molecule has 3 aromatic heterocycles. The fraction of sp³-hybridized carbons (Fsp3) is 0.200. The van der Waals surface area contributed by atoms with E-state index >= 15 is 0 Å². The number of anilines is 1. The van der Waals surface area contributed by atoms with Crippen LogP contribution in [0.3, 0.4) is 0 Å². The molecule has 0 radical (unpaired) electrons. The third kappa shape index (κ3) is 2.35. The van der Waals surface area contributed by atoms with Gasteiger partial charge in [-0.1, -0.05) is 0 Å². The molecule has 1 amide bonds. The van der Waals surface area contributed by atoms with Gasteiger partial charge in [0, 0.05) is 19.0 Å². The summed E-state index contributed by atoms with van der Waals surface area (Å²) >= 11 is 2.96. The Bertz CT molecular complexity index is 974. The minimum absolute atomic E-state index is 0.00246. The second-order valence-electron chi connectivity index (χ2n) is 5.36. The third-order valence-corrected chi connectivity index (χ3v) is 4.42. The normalized spacial score (nSPS) is 14.8. The first kappa shape index (κ1) is 15.1. The van der Waals surface area contributed by atoms with Gasteiger partial charge >= 0.3 is 0 Å². The molecule has 1 fully saturated rings. The van der Waals surface area contributed by atoms with Crippen LogP contribution >= 0.6 is 15.9 Å². The summed E-state index contributed by atoms with van der Waals surface area (Å²) in [4.78, 5) is 25.8. The molecule has 4 heterocycles. The van der Waals surface area contributed by atoms with Crippen LogP contribution in [0.4, 0.5) is 14.6 Å². The molecule has 0 N–H and O–H groups in total. The zero-order valence-corrected chi connectivity index (χ0v) is 13.8. The number of fused-ring (bicyclic) bond motifs is 1. The zero-order chi connectivity index (χ0) is 16.8. The highest BCUT2D eigenvalue weighted by Crippen LogP contribution is 2.27. The van der Waals surface area contributed by atoms with E-state index < -0.39 is 11.6 Å². The lowest BCUT2D eigenvalue weighted by atomic mass is 10.2. The number of rotatable bonds is 2. The van der Waals surface area contributed by atoms with Crippen molar-refractivity contribution in [3.05, 3.63) is 40.9 Å². The van der Waals surface area contributed by atoms with Gasteiger partial charge in [0.1, 0.15) is 10.3 Å². The molecular formula is C15H10BrF2N5O. The summed E-state index contributed by atoms with van der Waals surface area (Å²) in [5.41, 5.74) is 0.779. The van der Waals surface area contributed by atoms with E-state index in [1.54, 1.807) is 15.5 Å². The molecule has 24 heavy (non-hydrogen) atoms. The number of hydrogen-bond donors (Lipinski definition) is 0. The highest BCUT2D eigenvalue weighted by Gasteiger charge is 2.24. The Labute approximate surface area is 143 Å². The van der Waals surface area contributed by atoms with Crippen molar-refractivity contribution >= 4 is 33.3 Å². The van der Waals surface area contributed by atoms with Crippen molar-refractivity contribution in [1.29, 1.82) is 0 Å². The second-order valence-corrected chi connectivity index (χ2v) is 6.11. The Morgan fingerprint density at radius 3 is 2.75 bits per heavy atom. The molecule has 0 spiro atoms. The average Bonchev–Trinajstić information content (AvgIpc) is 3.16. The summed E-state index contributed by atoms with van der Waals surface area (Å²) in [5.74, 6) is -1.12. The molecule has 0 atom stereocenters. The molecule has 0 aliphatic carbocycles. The molecule has 1 aliphatic rings. The largest absolute Gasteiger partial charge is 0.296 e. The van der Waals surface area contributed by atoms with Gasteiger partial charge in [-0.25, -0.2) is 23.7 Å². The number of nitrogens with zero attached hydrogens (tertiary/aromatic N) is 5. The fourth-order valence-electron chi connectivity index (χ4n) is 2.71. The van der Waals surface area contributed by atoms with Crippen molar-refractivity contribution in [2.45, 2.75) is 12.8 Å². The van der Waals surface area contributed by atoms with Crippen molar-refractivity contribution in [2.24, 2.45) is 0 Å². The molecule has 0 bridgehead atoms. The molecule has 0 unspecified atom stereocenters. The van der Waals surface area contributed by atoms with Gasteiger partial charge in [-0.3, -0.25) is 14.1 Å². The summed E-state index contributed by atoms with van der Waals surface area (Å²) in [7, 11) is 0. The van der Waals surface area contributed by atoms with Gasteiger partial charge in [-0.2, -0.15) is 0 Å². The Hall–Kier alpha value is -2.42. The number of aromatic nitrogens is 4. The van der Waals surface area contributed by atoms with E-state index in [-0.39, 0.29) is 16.2 Å². The van der Waals surface area contributed by atoms with Crippen molar-refractivity contribution < 1.29 is 13.6 Å². The van der Waals surface area contributed by atoms with Crippen molar-refractivity contribution in [1.82, 2.24) is 19.4 Å². The second kappa shape index (κ2) is 5.59. The van der Waals surface area contributed by atoms with Crippen LogP contribution in [0.5, 0.6) is 0 Å². The number of amides is 1. The SMILES string of the molecule is O=C1CCCN1c1cn2c(-c3nc(Br)c(F)cc3F)cnc2cn1. The third-order valence-electron chi connectivity index (χ3n) is 3.86. The number of halogens is 3. The van der Waals surface area contributed by atoms with E-state index in [4.69, 9.17) is 0 Å².